The molecule has 0 aliphatic carbocycles. The van der Waals surface area contributed by atoms with Gasteiger partial charge in [0.1, 0.15) is 5.82 Å². The highest BCUT2D eigenvalue weighted by atomic mass is 19.1. The number of hydrogen-bond donors (Lipinski definition) is 1. The van der Waals surface area contributed by atoms with Gasteiger partial charge in [-0.15, -0.1) is 0 Å². The van der Waals surface area contributed by atoms with Crippen LogP contribution in [0.2, 0.25) is 0 Å². The van der Waals surface area contributed by atoms with Crippen LogP contribution in [0.1, 0.15) is 31.7 Å². The van der Waals surface area contributed by atoms with Gasteiger partial charge in [-0.05, 0) is 37.3 Å². The summed E-state index contributed by atoms with van der Waals surface area (Å²) in [6.07, 6.45) is 2.28. The standard InChI is InChI=1S/C16H22FNO2/c1-12(6-7-13-4-2-3-5-15(13)17)16(20)18-10-8-14(19)9-11-18/h2-5,12,14,19H,6-11H2,1H3. The number of halogens is 1. The molecule has 1 fully saturated rings. The Morgan fingerprint density at radius 1 is 1.40 bits per heavy atom. The molecule has 1 saturated heterocycles. The number of nitrogens with zero attached hydrogens (tertiary/aromatic N) is 1. The van der Waals surface area contributed by atoms with Gasteiger partial charge in [0.15, 0.2) is 0 Å². The smallest absolute Gasteiger partial charge is 0.225 e. The summed E-state index contributed by atoms with van der Waals surface area (Å²) in [4.78, 5) is 14.1. The highest BCUT2D eigenvalue weighted by Crippen LogP contribution is 2.17. The predicted molar refractivity (Wildman–Crippen MR) is 75.7 cm³/mol. The molecule has 1 aliphatic rings. The number of rotatable bonds is 4. The van der Waals surface area contributed by atoms with Gasteiger partial charge in [0.05, 0.1) is 6.10 Å². The van der Waals surface area contributed by atoms with Crippen LogP contribution in [-0.2, 0) is 11.2 Å². The lowest BCUT2D eigenvalue weighted by molar-refractivity contribution is -0.137. The molecule has 20 heavy (non-hydrogen) atoms. The van der Waals surface area contributed by atoms with Gasteiger partial charge < -0.3 is 10.0 Å². The van der Waals surface area contributed by atoms with Crippen molar-refractivity contribution in [2.45, 2.75) is 38.7 Å². The maximum Gasteiger partial charge on any atom is 0.225 e. The Labute approximate surface area is 119 Å². The first-order chi connectivity index (χ1) is 9.58. The predicted octanol–water partition coefficient (Wildman–Crippen LogP) is 2.38. The Hall–Kier alpha value is -1.42. The Morgan fingerprint density at radius 3 is 2.70 bits per heavy atom. The van der Waals surface area contributed by atoms with Crippen molar-refractivity contribution in [2.24, 2.45) is 5.92 Å². The molecule has 0 saturated carbocycles. The van der Waals surface area contributed by atoms with E-state index < -0.39 is 0 Å². The van der Waals surface area contributed by atoms with E-state index in [1.165, 1.54) is 6.07 Å². The first-order valence-corrected chi connectivity index (χ1v) is 7.28. The van der Waals surface area contributed by atoms with Gasteiger partial charge in [-0.3, -0.25) is 4.79 Å². The summed E-state index contributed by atoms with van der Waals surface area (Å²) in [5.74, 6) is -0.189. The molecule has 0 aromatic heterocycles. The molecule has 0 bridgehead atoms. The van der Waals surface area contributed by atoms with Crippen LogP contribution in [0.15, 0.2) is 24.3 Å². The fourth-order valence-corrected chi connectivity index (χ4v) is 2.59. The van der Waals surface area contributed by atoms with E-state index in [0.717, 1.165) is 0 Å². The molecule has 1 amide bonds. The number of likely N-dealkylation sites (tertiary alicyclic amines) is 1. The first-order valence-electron chi connectivity index (χ1n) is 7.28. The SMILES string of the molecule is CC(CCc1ccccc1F)C(=O)N1CCC(O)CC1. The average molecular weight is 279 g/mol. The van der Waals surface area contributed by atoms with Crippen LogP contribution in [0.25, 0.3) is 0 Å². The van der Waals surface area contributed by atoms with E-state index in [1.807, 2.05) is 17.9 Å². The van der Waals surface area contributed by atoms with Crippen molar-refractivity contribution in [2.75, 3.05) is 13.1 Å². The number of hydrogen-bond acceptors (Lipinski definition) is 2. The number of piperidine rings is 1. The molecule has 1 unspecified atom stereocenters. The van der Waals surface area contributed by atoms with Gasteiger partial charge in [0, 0.05) is 19.0 Å². The molecule has 4 heteroatoms. The zero-order valence-electron chi connectivity index (χ0n) is 11.9. The van der Waals surface area contributed by atoms with Crippen molar-refractivity contribution in [3.63, 3.8) is 0 Å². The molecule has 2 rings (SSSR count). The van der Waals surface area contributed by atoms with E-state index in [1.54, 1.807) is 12.1 Å². The van der Waals surface area contributed by atoms with Crippen molar-refractivity contribution < 1.29 is 14.3 Å². The van der Waals surface area contributed by atoms with Crippen LogP contribution < -0.4 is 0 Å². The Morgan fingerprint density at radius 2 is 2.05 bits per heavy atom. The van der Waals surface area contributed by atoms with Gasteiger partial charge in [-0.1, -0.05) is 25.1 Å². The lowest BCUT2D eigenvalue weighted by atomic mass is 9.98. The summed E-state index contributed by atoms with van der Waals surface area (Å²) in [5.41, 5.74) is 0.668. The Bertz CT molecular complexity index is 456. The zero-order chi connectivity index (χ0) is 14.5. The van der Waals surface area contributed by atoms with Crippen LogP contribution in [-0.4, -0.2) is 35.1 Å². The van der Waals surface area contributed by atoms with E-state index in [4.69, 9.17) is 0 Å². The number of carbonyl (C=O) groups excluding carboxylic acids is 1. The zero-order valence-corrected chi connectivity index (χ0v) is 11.9. The van der Waals surface area contributed by atoms with E-state index in [2.05, 4.69) is 0 Å². The molecule has 110 valence electrons. The van der Waals surface area contributed by atoms with Crippen LogP contribution in [0.3, 0.4) is 0 Å². The molecule has 3 nitrogen and oxygen atoms in total. The molecule has 1 heterocycles. The maximum absolute atomic E-state index is 13.5. The highest BCUT2D eigenvalue weighted by molar-refractivity contribution is 5.78. The van der Waals surface area contributed by atoms with Gasteiger partial charge in [0.25, 0.3) is 0 Å². The summed E-state index contributed by atoms with van der Waals surface area (Å²) in [6.45, 7) is 3.16. The lowest BCUT2D eigenvalue weighted by Crippen LogP contribution is -2.42. The van der Waals surface area contributed by atoms with Crippen LogP contribution in [0, 0.1) is 11.7 Å². The number of aliphatic hydroxyl groups is 1. The van der Waals surface area contributed by atoms with Crippen molar-refractivity contribution in [1.29, 1.82) is 0 Å². The van der Waals surface area contributed by atoms with Gasteiger partial charge >= 0.3 is 0 Å². The molecule has 0 spiro atoms. The third-order valence-corrected chi connectivity index (χ3v) is 4.00. The Kier molecular flexibility index (Phi) is 5.12. The molecule has 1 aliphatic heterocycles. The third kappa shape index (κ3) is 3.79. The molecular weight excluding hydrogens is 257 g/mol. The van der Waals surface area contributed by atoms with Gasteiger partial charge in [-0.25, -0.2) is 4.39 Å². The normalized spacial score (nSPS) is 18.1. The van der Waals surface area contributed by atoms with Crippen molar-refractivity contribution in [3.05, 3.63) is 35.6 Å². The average Bonchev–Trinajstić information content (AvgIpc) is 2.46. The molecule has 1 aromatic rings. The van der Waals surface area contributed by atoms with Gasteiger partial charge in [-0.2, -0.15) is 0 Å². The lowest BCUT2D eigenvalue weighted by Gasteiger charge is -2.31. The quantitative estimate of drug-likeness (QED) is 0.919. The van der Waals surface area contributed by atoms with Crippen molar-refractivity contribution >= 4 is 5.91 Å². The highest BCUT2D eigenvalue weighted by Gasteiger charge is 2.24. The summed E-state index contributed by atoms with van der Waals surface area (Å²) in [7, 11) is 0. The van der Waals surface area contributed by atoms with Crippen LogP contribution >= 0.6 is 0 Å². The minimum absolute atomic E-state index is 0.107. The second kappa shape index (κ2) is 6.84. The summed E-state index contributed by atoms with van der Waals surface area (Å²) >= 11 is 0. The van der Waals surface area contributed by atoms with Crippen molar-refractivity contribution in [3.8, 4) is 0 Å². The summed E-state index contributed by atoms with van der Waals surface area (Å²) < 4.78 is 13.5. The molecular formula is C16H22FNO2. The van der Waals surface area contributed by atoms with Gasteiger partial charge in [0.2, 0.25) is 5.91 Å². The molecule has 1 aromatic carbocycles. The molecule has 1 atom stereocenters. The number of benzene rings is 1. The second-order valence-electron chi connectivity index (χ2n) is 5.59. The number of aliphatic hydroxyl groups excluding tert-OH is 1. The molecule has 0 radical (unpaired) electrons. The Balaban J connectivity index is 1.84. The number of amides is 1. The van der Waals surface area contributed by atoms with E-state index in [9.17, 15) is 14.3 Å². The van der Waals surface area contributed by atoms with Crippen molar-refractivity contribution in [1.82, 2.24) is 4.90 Å². The monoisotopic (exact) mass is 279 g/mol. The minimum atomic E-state index is -0.271. The fourth-order valence-electron chi connectivity index (χ4n) is 2.59. The first kappa shape index (κ1) is 15.0. The topological polar surface area (TPSA) is 40.5 Å². The van der Waals surface area contributed by atoms with E-state index in [0.29, 0.717) is 44.3 Å². The fraction of sp³-hybridized carbons (Fsp3) is 0.562. The number of carbonyl (C=O) groups is 1. The third-order valence-electron chi connectivity index (χ3n) is 4.00. The second-order valence-corrected chi connectivity index (χ2v) is 5.59. The van der Waals surface area contributed by atoms with E-state index in [-0.39, 0.29) is 23.7 Å². The minimum Gasteiger partial charge on any atom is -0.393 e. The largest absolute Gasteiger partial charge is 0.393 e. The number of aryl methyl sites for hydroxylation is 1. The van der Waals surface area contributed by atoms with Crippen LogP contribution in [0.4, 0.5) is 4.39 Å². The summed E-state index contributed by atoms with van der Waals surface area (Å²) in [6, 6.07) is 6.71. The van der Waals surface area contributed by atoms with Crippen LogP contribution in [0.5, 0.6) is 0 Å². The maximum atomic E-state index is 13.5. The molecule has 1 N–H and O–H groups in total. The summed E-state index contributed by atoms with van der Waals surface area (Å²) in [5, 5.41) is 9.45. The van der Waals surface area contributed by atoms with E-state index >= 15 is 0 Å².